The summed E-state index contributed by atoms with van der Waals surface area (Å²) in [5, 5.41) is 14.2. The first-order chi connectivity index (χ1) is 20.0. The third-order valence-corrected chi connectivity index (χ3v) is 7.51. The molecular weight excluding hydrogens is 555 g/mol. The van der Waals surface area contributed by atoms with E-state index in [-0.39, 0.29) is 19.9 Å². The van der Waals surface area contributed by atoms with Crippen molar-refractivity contribution in [2.24, 2.45) is 0 Å². The van der Waals surface area contributed by atoms with Gasteiger partial charge in [-0.2, -0.15) is 5.10 Å². The smallest absolute Gasteiger partial charge is 0.355 e. The van der Waals surface area contributed by atoms with Gasteiger partial charge in [0.25, 0.3) is 0 Å². The molecule has 0 fully saturated rings. The van der Waals surface area contributed by atoms with Crippen LogP contribution in [0, 0.1) is 5.82 Å². The fraction of sp³-hybridized carbons (Fsp3) is 0.333. The Balaban J connectivity index is 0.00000405. The molecule has 5 aromatic rings. The second kappa shape index (κ2) is 13.9. The summed E-state index contributed by atoms with van der Waals surface area (Å²) in [7, 11) is 0. The van der Waals surface area contributed by atoms with Crippen LogP contribution in [-0.2, 0) is 24.1 Å². The van der Waals surface area contributed by atoms with Crippen LogP contribution >= 0.6 is 11.6 Å². The molecule has 9 heteroatoms. The lowest BCUT2D eigenvalue weighted by Gasteiger charge is -2.11. The largest absolute Gasteiger partial charge is 0.493 e. The summed E-state index contributed by atoms with van der Waals surface area (Å²) in [5.41, 5.74) is 5.67. The van der Waals surface area contributed by atoms with Gasteiger partial charge in [-0.3, -0.25) is 5.10 Å². The number of carbonyl (C=O) groups is 1. The van der Waals surface area contributed by atoms with Crippen LogP contribution < -0.4 is 10.1 Å². The molecule has 2 aromatic heterocycles. The maximum Gasteiger partial charge on any atom is 0.355 e. The zero-order chi connectivity index (χ0) is 28.9. The Labute approximate surface area is 250 Å². The minimum atomic E-state index is -0.409. The molecule has 0 saturated carbocycles. The lowest BCUT2D eigenvalue weighted by atomic mass is 9.97. The van der Waals surface area contributed by atoms with Crippen molar-refractivity contribution in [3.05, 3.63) is 82.0 Å². The van der Waals surface area contributed by atoms with Gasteiger partial charge in [0.2, 0.25) is 0 Å². The number of aryl methyl sites for hydroxylation is 2. The number of esters is 1. The van der Waals surface area contributed by atoms with Crippen LogP contribution in [0.4, 0.5) is 4.39 Å². The van der Waals surface area contributed by atoms with Crippen LogP contribution in [0.5, 0.6) is 5.75 Å². The summed E-state index contributed by atoms with van der Waals surface area (Å²) in [4.78, 5) is 16.5. The third kappa shape index (κ3) is 6.15. The topological polar surface area (TPSA) is 92.0 Å². The Morgan fingerprint density at radius 2 is 1.88 bits per heavy atom. The highest BCUT2D eigenvalue weighted by atomic mass is 35.5. The Bertz CT molecular complexity index is 1690. The van der Waals surface area contributed by atoms with E-state index < -0.39 is 5.97 Å². The zero-order valence-electron chi connectivity index (χ0n) is 23.5. The van der Waals surface area contributed by atoms with Crippen molar-refractivity contribution < 1.29 is 18.7 Å². The number of fused-ring (bicyclic) bond motifs is 2. The molecular formula is C33H38ClFN4O3. The van der Waals surface area contributed by atoms with Crippen molar-refractivity contribution in [1.29, 1.82) is 0 Å². The highest BCUT2D eigenvalue weighted by molar-refractivity contribution is 6.35. The quantitative estimate of drug-likeness (QED) is 0.101. The van der Waals surface area contributed by atoms with Gasteiger partial charge in [-0.05, 0) is 74.0 Å². The molecule has 3 aromatic carbocycles. The molecule has 5 rings (SSSR count). The molecule has 7 nitrogen and oxygen atoms in total. The molecule has 0 bridgehead atoms. The normalized spacial score (nSPS) is 11.2. The summed E-state index contributed by atoms with van der Waals surface area (Å²) < 4.78 is 25.2. The SMILES string of the molecule is C.CCNCc1[nH]nc(CC)c1-c1c(Cl)ccc2c(CCCOc3cccc4cc(F)ccc34)c(C(=O)OCC)[nH]c12. The molecule has 0 amide bonds. The van der Waals surface area contributed by atoms with E-state index in [2.05, 4.69) is 34.3 Å². The Morgan fingerprint density at radius 3 is 2.64 bits per heavy atom. The van der Waals surface area contributed by atoms with E-state index in [0.29, 0.717) is 42.5 Å². The number of nitrogens with zero attached hydrogens (tertiary/aromatic N) is 1. The number of hydrogen-bond acceptors (Lipinski definition) is 5. The van der Waals surface area contributed by atoms with Crippen LogP contribution in [0.3, 0.4) is 0 Å². The number of H-pyrrole nitrogens is 2. The standard InChI is InChI=1S/C32H34ClFN4O3.CH4/c1-4-25-29(26(38-37-25)18-35-5-2)28-24(33)15-14-23-22(31(36-30(23)28)32(39)40-6-3)10-8-16-41-27-11-7-9-19-17-20(34)12-13-21(19)27;/h7,9,11-15,17,35-36H,4-6,8,10,16,18H2,1-3H3,(H,37,38);1H4. The van der Waals surface area contributed by atoms with Crippen LogP contribution in [0.2, 0.25) is 5.02 Å². The molecule has 0 atom stereocenters. The predicted octanol–water partition coefficient (Wildman–Crippen LogP) is 8.00. The van der Waals surface area contributed by atoms with Crippen molar-refractivity contribution >= 4 is 39.2 Å². The highest BCUT2D eigenvalue weighted by Crippen LogP contribution is 2.40. The minimum absolute atomic E-state index is 0. The number of hydrogen-bond donors (Lipinski definition) is 3. The van der Waals surface area contributed by atoms with Gasteiger partial charge in [-0.1, -0.05) is 51.1 Å². The minimum Gasteiger partial charge on any atom is -0.493 e. The number of aromatic nitrogens is 3. The van der Waals surface area contributed by atoms with Crippen molar-refractivity contribution in [2.45, 2.75) is 54.0 Å². The summed E-state index contributed by atoms with van der Waals surface area (Å²) in [5.74, 6) is 0.00473. The number of halogens is 2. The molecule has 2 heterocycles. The second-order valence-electron chi connectivity index (χ2n) is 9.78. The van der Waals surface area contributed by atoms with Crippen molar-refractivity contribution in [2.75, 3.05) is 19.8 Å². The lowest BCUT2D eigenvalue weighted by Crippen LogP contribution is -2.12. The second-order valence-corrected chi connectivity index (χ2v) is 10.2. The summed E-state index contributed by atoms with van der Waals surface area (Å²) in [6.07, 6.45) is 1.94. The number of carbonyl (C=O) groups excluding carboxylic acids is 1. The average Bonchev–Trinajstić information content (AvgIpc) is 3.55. The monoisotopic (exact) mass is 592 g/mol. The molecule has 3 N–H and O–H groups in total. The molecule has 0 unspecified atom stereocenters. The molecule has 0 aliphatic rings. The molecule has 0 spiro atoms. The average molecular weight is 593 g/mol. The number of benzene rings is 3. The third-order valence-electron chi connectivity index (χ3n) is 7.19. The molecule has 0 radical (unpaired) electrons. The van der Waals surface area contributed by atoms with E-state index in [1.54, 1.807) is 13.0 Å². The van der Waals surface area contributed by atoms with Gasteiger partial charge in [0, 0.05) is 28.4 Å². The first-order valence-electron chi connectivity index (χ1n) is 14.0. The first-order valence-corrected chi connectivity index (χ1v) is 14.4. The summed E-state index contributed by atoms with van der Waals surface area (Å²) >= 11 is 6.84. The van der Waals surface area contributed by atoms with Crippen molar-refractivity contribution in [3.8, 4) is 16.9 Å². The van der Waals surface area contributed by atoms with E-state index >= 15 is 0 Å². The van der Waals surface area contributed by atoms with Gasteiger partial charge >= 0.3 is 5.97 Å². The highest BCUT2D eigenvalue weighted by Gasteiger charge is 2.25. The van der Waals surface area contributed by atoms with Crippen LogP contribution in [-0.4, -0.2) is 40.9 Å². The first kappa shape index (κ1) is 31.1. The summed E-state index contributed by atoms with van der Waals surface area (Å²) in [6, 6.07) is 14.1. The maximum atomic E-state index is 13.7. The predicted molar refractivity (Wildman–Crippen MR) is 168 cm³/mol. The molecule has 42 heavy (non-hydrogen) atoms. The van der Waals surface area contributed by atoms with E-state index in [4.69, 9.17) is 21.1 Å². The van der Waals surface area contributed by atoms with Gasteiger partial charge in [0.05, 0.1) is 35.1 Å². The molecule has 0 saturated heterocycles. The van der Waals surface area contributed by atoms with Crippen LogP contribution in [0.25, 0.3) is 32.8 Å². The number of rotatable bonds is 12. The lowest BCUT2D eigenvalue weighted by molar-refractivity contribution is 0.0519. The summed E-state index contributed by atoms with van der Waals surface area (Å²) in [6.45, 7) is 8.01. The zero-order valence-corrected chi connectivity index (χ0v) is 24.3. The van der Waals surface area contributed by atoms with E-state index in [1.807, 2.05) is 30.3 Å². The number of aromatic amines is 2. The Hall–Kier alpha value is -3.88. The fourth-order valence-electron chi connectivity index (χ4n) is 5.31. The molecule has 0 aliphatic carbocycles. The van der Waals surface area contributed by atoms with Gasteiger partial charge in [-0.25, -0.2) is 9.18 Å². The van der Waals surface area contributed by atoms with Gasteiger partial charge in [0.1, 0.15) is 17.3 Å². The molecule has 222 valence electrons. The van der Waals surface area contributed by atoms with E-state index in [9.17, 15) is 9.18 Å². The van der Waals surface area contributed by atoms with E-state index in [0.717, 1.165) is 62.7 Å². The number of nitrogens with one attached hydrogen (secondary N) is 3. The van der Waals surface area contributed by atoms with Crippen molar-refractivity contribution in [3.63, 3.8) is 0 Å². The fourth-order valence-corrected chi connectivity index (χ4v) is 5.56. The number of ether oxygens (including phenoxy) is 2. The molecule has 0 aliphatic heterocycles. The van der Waals surface area contributed by atoms with E-state index in [1.165, 1.54) is 12.1 Å². The van der Waals surface area contributed by atoms with Gasteiger partial charge in [-0.15, -0.1) is 0 Å². The maximum absolute atomic E-state index is 13.7. The van der Waals surface area contributed by atoms with Gasteiger partial charge < -0.3 is 19.8 Å². The van der Waals surface area contributed by atoms with Gasteiger partial charge in [0.15, 0.2) is 0 Å². The van der Waals surface area contributed by atoms with Crippen molar-refractivity contribution in [1.82, 2.24) is 20.5 Å². The van der Waals surface area contributed by atoms with Crippen LogP contribution in [0.15, 0.2) is 48.5 Å². The Morgan fingerprint density at radius 1 is 1.07 bits per heavy atom. The van der Waals surface area contributed by atoms with Crippen LogP contribution in [0.1, 0.15) is 62.1 Å². The Kier molecular flexibility index (Phi) is 10.2.